The number of hydrogen-bond acceptors (Lipinski definition) is 19. The van der Waals surface area contributed by atoms with E-state index in [2.05, 4.69) is 39.5 Å². The van der Waals surface area contributed by atoms with Crippen molar-refractivity contribution in [2.75, 3.05) is 100 Å². The molecule has 0 aliphatic carbocycles. The van der Waals surface area contributed by atoms with Crippen molar-refractivity contribution in [1.82, 2.24) is 35.1 Å². The number of halogens is 1. The van der Waals surface area contributed by atoms with Crippen LogP contribution in [0.15, 0.2) is 73.3 Å². The number of hydrogen-bond donors (Lipinski definition) is 3. The molecule has 2 amide bonds. The van der Waals surface area contributed by atoms with Crippen molar-refractivity contribution in [2.45, 2.75) is 0 Å². The third-order valence-corrected chi connectivity index (χ3v) is 9.09. The predicted octanol–water partition coefficient (Wildman–Crippen LogP) is 2.01. The molecule has 0 radical (unpaired) electrons. The summed E-state index contributed by atoms with van der Waals surface area (Å²) in [5, 5.41) is 19.8. The number of morpholine rings is 3. The number of aromatic carboxylic acids is 2. The molecule has 0 atom stereocenters. The highest BCUT2D eigenvalue weighted by Crippen LogP contribution is 2.10. The molecule has 3 fully saturated rings. The smallest absolute Gasteiger partial charge is 0.356 e. The minimum atomic E-state index is -1.10. The molecule has 0 saturated carbocycles. The number of carboxylic acid groups (broad SMARTS) is 2. The Labute approximate surface area is 388 Å². The third kappa shape index (κ3) is 18.6. The highest BCUT2D eigenvalue weighted by molar-refractivity contribution is 6.67. The zero-order valence-electron chi connectivity index (χ0n) is 36.6. The first-order chi connectivity index (χ1) is 32.2. The SMILES string of the molecule is C1COCCN1.COC(=O)c1ccc(C(=O)Cl)cn1.COC(=O)c1ccc(C(=O)N2CCOCC2)cn1.COC(=O)c1ccc(C(=O)O)cn1.O=C(O)c1ccc(C(=O)N2CCOCC2)cn1. The minimum Gasteiger partial charge on any atom is -0.478 e. The van der Waals surface area contributed by atoms with Gasteiger partial charge in [-0.25, -0.2) is 43.9 Å². The van der Waals surface area contributed by atoms with Gasteiger partial charge in [-0.2, -0.15) is 0 Å². The first kappa shape index (κ1) is 54.0. The molecule has 0 spiro atoms. The van der Waals surface area contributed by atoms with Crippen LogP contribution in [-0.4, -0.2) is 187 Å². The van der Waals surface area contributed by atoms with E-state index in [4.69, 9.17) is 36.0 Å². The van der Waals surface area contributed by atoms with E-state index < -0.39 is 35.1 Å². The van der Waals surface area contributed by atoms with E-state index >= 15 is 0 Å². The molecule has 4 aromatic heterocycles. The van der Waals surface area contributed by atoms with Crippen molar-refractivity contribution in [2.24, 2.45) is 0 Å². The molecule has 3 N–H and O–H groups in total. The number of amides is 2. The van der Waals surface area contributed by atoms with Crippen LogP contribution in [0.4, 0.5) is 0 Å². The van der Waals surface area contributed by atoms with E-state index in [1.54, 1.807) is 15.9 Å². The summed E-state index contributed by atoms with van der Waals surface area (Å²) in [4.78, 5) is 107. The standard InChI is InChI=1S/C12H14N2O4.C11H12N2O4.C8H6ClNO3.C8H7NO4.C4H9NO/c1-17-12(16)10-3-2-9(8-13-10)11(15)14-4-6-18-7-5-14;14-10(13-3-5-17-6-4-13)8-1-2-9(11(15)16)12-7-8;1-13-8(12)6-3-2-5(4-10-6)7(9)11;1-13-8(12)6-3-2-5(4-9-6)7(10)11;1-3-6-4-2-5-1/h2-3,8H,4-7H2,1H3;1-2,7H,3-6H2,(H,15,16);2-4H,1H3;2-4H,1H3,(H,10,11);5H,1-4H2. The molecule has 67 heavy (non-hydrogen) atoms. The van der Waals surface area contributed by atoms with Crippen LogP contribution >= 0.6 is 11.6 Å². The summed E-state index contributed by atoms with van der Waals surface area (Å²) in [5.74, 6) is -4.06. The Balaban J connectivity index is 0.000000229. The van der Waals surface area contributed by atoms with Crippen molar-refractivity contribution in [1.29, 1.82) is 0 Å². The van der Waals surface area contributed by atoms with Gasteiger partial charge < -0.3 is 53.8 Å². The number of pyridine rings is 4. The molecular weight excluding hydrogens is 906 g/mol. The van der Waals surface area contributed by atoms with E-state index in [0.29, 0.717) is 63.7 Å². The van der Waals surface area contributed by atoms with E-state index in [-0.39, 0.29) is 45.7 Å². The lowest BCUT2D eigenvalue weighted by Gasteiger charge is -2.26. The van der Waals surface area contributed by atoms with Crippen molar-refractivity contribution < 1.29 is 77.0 Å². The summed E-state index contributed by atoms with van der Waals surface area (Å²) >= 11 is 5.17. The van der Waals surface area contributed by atoms with Crippen LogP contribution in [0.3, 0.4) is 0 Å². The highest BCUT2D eigenvalue weighted by Gasteiger charge is 2.21. The van der Waals surface area contributed by atoms with Crippen LogP contribution in [0.2, 0.25) is 0 Å². The number of methoxy groups -OCH3 is 3. The molecule has 24 heteroatoms. The third-order valence-electron chi connectivity index (χ3n) is 8.87. The maximum Gasteiger partial charge on any atom is 0.356 e. The lowest BCUT2D eigenvalue weighted by Crippen LogP contribution is -2.40. The van der Waals surface area contributed by atoms with Gasteiger partial charge >= 0.3 is 29.8 Å². The van der Waals surface area contributed by atoms with Crippen molar-refractivity contribution in [3.05, 3.63) is 118 Å². The van der Waals surface area contributed by atoms with Gasteiger partial charge in [-0.05, 0) is 60.1 Å². The van der Waals surface area contributed by atoms with Gasteiger partial charge in [0, 0.05) is 64.1 Å². The van der Waals surface area contributed by atoms with Crippen LogP contribution in [0.5, 0.6) is 0 Å². The van der Waals surface area contributed by atoms with Gasteiger partial charge in [0.05, 0.1) is 83.2 Å². The fourth-order valence-electron chi connectivity index (χ4n) is 5.29. The van der Waals surface area contributed by atoms with Crippen molar-refractivity contribution in [3.8, 4) is 0 Å². The second kappa shape index (κ2) is 29.3. The summed E-state index contributed by atoms with van der Waals surface area (Å²) in [6.07, 6.45) is 5.02. The molecule has 0 unspecified atom stereocenters. The number of nitrogens with one attached hydrogen (secondary N) is 1. The fourth-order valence-corrected chi connectivity index (χ4v) is 5.40. The van der Waals surface area contributed by atoms with Gasteiger partial charge in [0.1, 0.15) is 22.8 Å². The number of carbonyl (C=O) groups is 8. The second-order valence-electron chi connectivity index (χ2n) is 13.3. The number of ether oxygens (including phenoxy) is 6. The van der Waals surface area contributed by atoms with Crippen LogP contribution in [0, 0.1) is 0 Å². The summed E-state index contributed by atoms with van der Waals surface area (Å²) < 4.78 is 28.7. The van der Waals surface area contributed by atoms with Crippen LogP contribution < -0.4 is 5.32 Å². The summed E-state index contributed by atoms with van der Waals surface area (Å²) in [6, 6.07) is 11.3. The van der Waals surface area contributed by atoms with E-state index in [1.807, 2.05) is 0 Å². The lowest BCUT2D eigenvalue weighted by molar-refractivity contribution is 0.0301. The number of carbonyl (C=O) groups excluding carboxylic acids is 6. The Kier molecular flexibility index (Phi) is 23.6. The lowest BCUT2D eigenvalue weighted by atomic mass is 10.2. The molecule has 3 aliphatic rings. The van der Waals surface area contributed by atoms with E-state index in [0.717, 1.165) is 32.5 Å². The molecule has 3 aliphatic heterocycles. The molecule has 7 rings (SSSR count). The predicted molar refractivity (Wildman–Crippen MR) is 232 cm³/mol. The van der Waals surface area contributed by atoms with Gasteiger partial charge in [0.2, 0.25) is 0 Å². The maximum absolute atomic E-state index is 12.1. The summed E-state index contributed by atoms with van der Waals surface area (Å²) in [6.45, 7) is 8.28. The summed E-state index contributed by atoms with van der Waals surface area (Å²) in [7, 11) is 3.77. The maximum atomic E-state index is 12.1. The average Bonchev–Trinajstić information content (AvgIpc) is 3.39. The van der Waals surface area contributed by atoms with Gasteiger partial charge in [0.25, 0.3) is 17.1 Å². The number of carboxylic acids is 2. The summed E-state index contributed by atoms with van der Waals surface area (Å²) in [5.41, 5.74) is 1.50. The molecule has 3 saturated heterocycles. The molecule has 4 aromatic rings. The zero-order chi connectivity index (χ0) is 49.1. The monoisotopic (exact) mass is 953 g/mol. The van der Waals surface area contributed by atoms with E-state index in [1.165, 1.54) is 82.4 Å². The topological polar surface area (TPSA) is 302 Å². The largest absolute Gasteiger partial charge is 0.478 e. The molecule has 0 aromatic carbocycles. The Bertz CT molecular complexity index is 2170. The Morgan fingerprint density at radius 2 is 0.821 bits per heavy atom. The average molecular weight is 954 g/mol. The van der Waals surface area contributed by atoms with Crippen LogP contribution in [0.25, 0.3) is 0 Å². The fraction of sp³-hybridized carbons (Fsp3) is 0.349. The Hall–Kier alpha value is -7.31. The van der Waals surface area contributed by atoms with Crippen LogP contribution in [0.1, 0.15) is 83.4 Å². The number of rotatable bonds is 8. The normalized spacial score (nSPS) is 13.9. The van der Waals surface area contributed by atoms with Crippen LogP contribution in [-0.2, 0) is 28.4 Å². The minimum absolute atomic E-state index is 0.0349. The van der Waals surface area contributed by atoms with Gasteiger partial charge in [-0.15, -0.1) is 0 Å². The zero-order valence-corrected chi connectivity index (χ0v) is 37.3. The van der Waals surface area contributed by atoms with Crippen molar-refractivity contribution >= 4 is 58.5 Å². The first-order valence-corrected chi connectivity index (χ1v) is 20.4. The van der Waals surface area contributed by atoms with Gasteiger partial charge in [-0.3, -0.25) is 14.4 Å². The molecule has 0 bridgehead atoms. The molecule has 358 valence electrons. The second-order valence-corrected chi connectivity index (χ2v) is 13.6. The first-order valence-electron chi connectivity index (χ1n) is 20.0. The van der Waals surface area contributed by atoms with Gasteiger partial charge in [0.15, 0.2) is 0 Å². The number of aromatic nitrogens is 4. The Morgan fingerprint density at radius 3 is 1.07 bits per heavy atom. The molecule has 7 heterocycles. The van der Waals surface area contributed by atoms with Crippen molar-refractivity contribution in [3.63, 3.8) is 0 Å². The quantitative estimate of drug-likeness (QED) is 0.129. The number of esters is 3. The van der Waals surface area contributed by atoms with E-state index in [9.17, 15) is 38.4 Å². The number of nitrogens with zero attached hydrogens (tertiary/aromatic N) is 6. The molecule has 23 nitrogen and oxygen atoms in total. The molecular formula is C43H48ClN7O16. The van der Waals surface area contributed by atoms with Gasteiger partial charge in [-0.1, -0.05) is 0 Å². The Morgan fingerprint density at radius 1 is 0.493 bits per heavy atom. The highest BCUT2D eigenvalue weighted by atomic mass is 35.5.